The zero-order chi connectivity index (χ0) is 31.4. The molecule has 0 unspecified atom stereocenters. The lowest BCUT2D eigenvalue weighted by atomic mass is 9.12. The molecule has 4 aromatic carbocycles. The summed E-state index contributed by atoms with van der Waals surface area (Å²) in [5.41, 5.74) is -1.27. The molecule has 42 heavy (non-hydrogen) atoms. The van der Waals surface area contributed by atoms with Crippen molar-refractivity contribution in [3.8, 4) is 0 Å². The van der Waals surface area contributed by atoms with E-state index in [9.17, 15) is 39.5 Å². The van der Waals surface area contributed by atoms with Gasteiger partial charge in [-0.05, 0) is 52.8 Å². The molecule has 0 fully saturated rings. The fourth-order valence-electron chi connectivity index (χ4n) is 6.09. The Bertz CT molecular complexity index is 1470. The van der Waals surface area contributed by atoms with Crippen molar-refractivity contribution in [3.63, 3.8) is 0 Å². The highest BCUT2D eigenvalue weighted by Gasteiger charge is 2.40. The second kappa shape index (κ2) is 10.5. The van der Waals surface area contributed by atoms with E-state index in [0.717, 1.165) is 36.4 Å². The minimum absolute atomic E-state index is 0.0511. The van der Waals surface area contributed by atoms with Crippen LogP contribution in [0.15, 0.2) is 72.8 Å². The van der Waals surface area contributed by atoms with Crippen LogP contribution in [0.25, 0.3) is 0 Å². The summed E-state index contributed by atoms with van der Waals surface area (Å²) in [7, 11) is 0. The van der Waals surface area contributed by atoms with Gasteiger partial charge in [0.1, 0.15) is 6.15 Å². The second-order valence-corrected chi connectivity index (χ2v) is 11.2. The van der Waals surface area contributed by atoms with Gasteiger partial charge in [-0.1, -0.05) is 82.4 Å². The zero-order valence-electron chi connectivity index (χ0n) is 23.4. The van der Waals surface area contributed by atoms with Gasteiger partial charge in [-0.25, -0.2) is 0 Å². The lowest BCUT2D eigenvalue weighted by molar-refractivity contribution is -0.138. The number of benzene rings is 4. The van der Waals surface area contributed by atoms with E-state index < -0.39 is 41.4 Å². The maximum Gasteiger partial charge on any atom is 0.416 e. The molecule has 10 heteroatoms. The predicted molar refractivity (Wildman–Crippen MR) is 149 cm³/mol. The van der Waals surface area contributed by atoms with Crippen LogP contribution >= 0.6 is 0 Å². The van der Waals surface area contributed by atoms with Crippen LogP contribution in [0.2, 0.25) is 0 Å². The SMILES string of the molecule is Cc1cc(C)cc([B-](c2cc(C)cc(C(F)(F)F)c2)(c2cc(C)cc(C(F)(F)F)c2)c2cc(C)cc(C(F)(F)F)c2)c1. The van der Waals surface area contributed by atoms with E-state index >= 15 is 0 Å². The highest BCUT2D eigenvalue weighted by molar-refractivity contribution is 7.20. The highest BCUT2D eigenvalue weighted by Crippen LogP contribution is 2.33. The summed E-state index contributed by atoms with van der Waals surface area (Å²) in [4.78, 5) is 0. The smallest absolute Gasteiger partial charge is 0.195 e. The van der Waals surface area contributed by atoms with Gasteiger partial charge in [0.25, 0.3) is 0 Å². The average molecular weight is 593 g/mol. The van der Waals surface area contributed by atoms with E-state index in [2.05, 4.69) is 0 Å². The third kappa shape index (κ3) is 6.08. The number of halogens is 9. The van der Waals surface area contributed by atoms with Gasteiger partial charge in [0.2, 0.25) is 0 Å². The van der Waals surface area contributed by atoms with Crippen LogP contribution in [-0.2, 0) is 18.5 Å². The molecular weight excluding hydrogens is 566 g/mol. The van der Waals surface area contributed by atoms with E-state index in [1.165, 1.54) is 39.0 Å². The molecule has 222 valence electrons. The van der Waals surface area contributed by atoms with Crippen LogP contribution in [0.5, 0.6) is 0 Å². The lowest BCUT2D eigenvalue weighted by Crippen LogP contribution is -2.75. The lowest BCUT2D eigenvalue weighted by Gasteiger charge is -2.46. The number of rotatable bonds is 4. The topological polar surface area (TPSA) is 0 Å². The molecule has 0 atom stereocenters. The minimum Gasteiger partial charge on any atom is -0.195 e. The molecule has 4 rings (SSSR count). The molecule has 0 saturated carbocycles. The zero-order valence-corrected chi connectivity index (χ0v) is 23.4. The summed E-state index contributed by atoms with van der Waals surface area (Å²) < 4.78 is 127. The molecule has 0 aromatic heterocycles. The molecular formula is C32H27BF9-. The summed E-state index contributed by atoms with van der Waals surface area (Å²) in [6, 6.07) is 14.5. The standard InChI is InChI=1S/C32H27BF9/c1-18-6-19(2)11-26(10-18)33(27-12-20(3)7-23(15-27)30(34,35)36,28-13-21(4)8-24(16-28)31(37,38)39)29-14-22(5)9-25(17-29)32(40,41)42/h6-17H,1-5H3/q-1. The number of hydrogen-bond donors (Lipinski definition) is 0. The van der Waals surface area contributed by atoms with Gasteiger partial charge in [0.15, 0.2) is 0 Å². The number of alkyl halides is 9. The van der Waals surface area contributed by atoms with Crippen LogP contribution in [-0.4, -0.2) is 6.15 Å². The molecule has 0 heterocycles. The first-order valence-electron chi connectivity index (χ1n) is 13.0. The van der Waals surface area contributed by atoms with Crippen molar-refractivity contribution in [1.82, 2.24) is 0 Å². The van der Waals surface area contributed by atoms with Crippen molar-refractivity contribution >= 4 is 28.0 Å². The van der Waals surface area contributed by atoms with E-state index in [1.807, 2.05) is 0 Å². The average Bonchev–Trinajstić information content (AvgIpc) is 2.81. The normalized spacial score (nSPS) is 13.0. The van der Waals surface area contributed by atoms with Crippen molar-refractivity contribution in [3.05, 3.63) is 117 Å². The van der Waals surface area contributed by atoms with Crippen LogP contribution in [0.1, 0.15) is 44.5 Å². The maximum absolute atomic E-state index is 14.2. The van der Waals surface area contributed by atoms with Crippen molar-refractivity contribution in [2.24, 2.45) is 0 Å². The Labute approximate surface area is 238 Å². The Kier molecular flexibility index (Phi) is 7.85. The van der Waals surface area contributed by atoms with Crippen LogP contribution in [0.4, 0.5) is 39.5 Å². The molecule has 0 nitrogen and oxygen atoms in total. The van der Waals surface area contributed by atoms with E-state index in [0.29, 0.717) is 16.6 Å². The van der Waals surface area contributed by atoms with Crippen LogP contribution in [0, 0.1) is 34.6 Å². The minimum atomic E-state index is -4.82. The largest absolute Gasteiger partial charge is 0.416 e. The number of aryl methyl sites for hydroxylation is 5. The van der Waals surface area contributed by atoms with Crippen molar-refractivity contribution < 1.29 is 39.5 Å². The Morgan fingerprint density at radius 2 is 0.548 bits per heavy atom. The highest BCUT2D eigenvalue weighted by atomic mass is 19.4. The molecule has 0 amide bonds. The molecule has 4 aromatic rings. The Balaban J connectivity index is 2.35. The fourth-order valence-corrected chi connectivity index (χ4v) is 6.09. The first-order valence-corrected chi connectivity index (χ1v) is 13.0. The molecule has 0 aliphatic carbocycles. The predicted octanol–water partition coefficient (Wildman–Crippen LogP) is 7.66. The summed E-state index contributed by atoms with van der Waals surface area (Å²) in [6.07, 6.45) is -17.5. The number of hydrogen-bond acceptors (Lipinski definition) is 0. The van der Waals surface area contributed by atoms with E-state index in [-0.39, 0.29) is 33.1 Å². The van der Waals surface area contributed by atoms with Crippen molar-refractivity contribution in [2.45, 2.75) is 53.1 Å². The van der Waals surface area contributed by atoms with Gasteiger partial charge in [-0.2, -0.15) is 61.4 Å². The van der Waals surface area contributed by atoms with Gasteiger partial charge in [0, 0.05) is 0 Å². The summed E-state index contributed by atoms with van der Waals surface area (Å²) >= 11 is 0. The van der Waals surface area contributed by atoms with Crippen molar-refractivity contribution in [1.29, 1.82) is 0 Å². The van der Waals surface area contributed by atoms with Gasteiger partial charge in [0.05, 0.1) is 16.7 Å². The summed E-state index contributed by atoms with van der Waals surface area (Å²) in [5, 5.41) is 0. The van der Waals surface area contributed by atoms with Crippen LogP contribution < -0.4 is 21.9 Å². The molecule has 0 saturated heterocycles. The molecule has 0 bridgehead atoms. The van der Waals surface area contributed by atoms with Gasteiger partial charge < -0.3 is 0 Å². The Hall–Kier alpha value is -3.69. The third-order valence-electron chi connectivity index (χ3n) is 7.53. The first-order chi connectivity index (χ1) is 19.2. The molecule has 0 N–H and O–H groups in total. The van der Waals surface area contributed by atoms with Gasteiger partial charge >= 0.3 is 18.5 Å². The van der Waals surface area contributed by atoms with Crippen molar-refractivity contribution in [2.75, 3.05) is 0 Å². The molecule has 0 radical (unpaired) electrons. The second-order valence-electron chi connectivity index (χ2n) is 11.2. The molecule has 0 aliphatic rings. The van der Waals surface area contributed by atoms with E-state index in [1.54, 1.807) is 32.0 Å². The van der Waals surface area contributed by atoms with Gasteiger partial charge in [-0.15, -0.1) is 0 Å². The molecule has 0 aliphatic heterocycles. The van der Waals surface area contributed by atoms with Crippen LogP contribution in [0.3, 0.4) is 0 Å². The third-order valence-corrected chi connectivity index (χ3v) is 7.53. The fraction of sp³-hybridized carbons (Fsp3) is 0.250. The quantitative estimate of drug-likeness (QED) is 0.168. The first kappa shape index (κ1) is 31.3. The monoisotopic (exact) mass is 593 g/mol. The Morgan fingerprint density at radius 1 is 0.333 bits per heavy atom. The maximum atomic E-state index is 14.2. The Morgan fingerprint density at radius 3 is 0.786 bits per heavy atom. The van der Waals surface area contributed by atoms with E-state index in [4.69, 9.17) is 0 Å². The molecule has 0 spiro atoms. The summed E-state index contributed by atoms with van der Waals surface area (Å²) in [5.74, 6) is 0. The summed E-state index contributed by atoms with van der Waals surface area (Å²) in [6.45, 7) is 7.66. The van der Waals surface area contributed by atoms with Gasteiger partial charge in [-0.3, -0.25) is 0 Å².